The molecule has 132 valence electrons. The molecule has 2 heterocycles. The summed E-state index contributed by atoms with van der Waals surface area (Å²) < 4.78 is 5.20. The number of morpholine rings is 1. The Morgan fingerprint density at radius 3 is 2.79 bits per heavy atom. The van der Waals surface area contributed by atoms with Crippen LogP contribution in [-0.2, 0) is 22.4 Å². The molecule has 2 aliphatic rings. The summed E-state index contributed by atoms with van der Waals surface area (Å²) >= 11 is 1.58. The zero-order valence-corrected chi connectivity index (χ0v) is 15.3. The van der Waals surface area contributed by atoms with Crippen LogP contribution in [0, 0.1) is 11.3 Å². The number of aryl methyl sites for hydroxylation is 1. The van der Waals surface area contributed by atoms with E-state index in [1.807, 2.05) is 6.07 Å². The zero-order valence-electron chi connectivity index (χ0n) is 14.5. The number of nitrogens with zero attached hydrogens (tertiary/aromatic N) is 1. The van der Waals surface area contributed by atoms with Crippen LogP contribution in [0.5, 0.6) is 0 Å². The molecule has 2 unspecified atom stereocenters. The number of aliphatic carboxylic acids is 1. The molecule has 2 atom stereocenters. The number of fused-ring (bicyclic) bond motifs is 1. The minimum atomic E-state index is -1.01. The molecule has 0 radical (unpaired) electrons. The van der Waals surface area contributed by atoms with Crippen molar-refractivity contribution in [3.63, 3.8) is 0 Å². The average Bonchev–Trinajstić information content (AvgIpc) is 2.96. The average molecular weight is 351 g/mol. The molecular weight excluding hydrogens is 326 g/mol. The molecule has 3 rings (SSSR count). The summed E-state index contributed by atoms with van der Waals surface area (Å²) in [5.74, 6) is -0.426. The molecule has 1 aliphatic heterocycles. The Bertz CT molecular complexity index is 646. The lowest BCUT2D eigenvalue weighted by Crippen LogP contribution is -2.48. The highest BCUT2D eigenvalue weighted by Gasteiger charge is 2.33. The lowest BCUT2D eigenvalue weighted by atomic mass is 9.72. The van der Waals surface area contributed by atoms with E-state index in [2.05, 4.69) is 20.8 Å². The van der Waals surface area contributed by atoms with Gasteiger partial charge < -0.3 is 14.7 Å². The number of carboxylic acid groups (broad SMARTS) is 1. The van der Waals surface area contributed by atoms with Crippen molar-refractivity contribution in [1.29, 1.82) is 0 Å². The molecule has 1 aromatic heterocycles. The summed E-state index contributed by atoms with van der Waals surface area (Å²) in [6, 6.07) is 2.03. The first-order chi connectivity index (χ1) is 11.3. The summed E-state index contributed by atoms with van der Waals surface area (Å²) in [6.45, 7) is 7.69. The van der Waals surface area contributed by atoms with Crippen LogP contribution in [0.3, 0.4) is 0 Å². The maximum Gasteiger partial charge on any atom is 0.334 e. The third-order valence-electron chi connectivity index (χ3n) is 5.15. The number of amides is 1. The lowest BCUT2D eigenvalue weighted by Gasteiger charge is -2.33. The van der Waals surface area contributed by atoms with Crippen molar-refractivity contribution in [2.75, 3.05) is 19.7 Å². The van der Waals surface area contributed by atoms with E-state index in [1.165, 1.54) is 16.9 Å². The van der Waals surface area contributed by atoms with E-state index >= 15 is 0 Å². The molecule has 1 saturated heterocycles. The van der Waals surface area contributed by atoms with Crippen molar-refractivity contribution >= 4 is 23.2 Å². The quantitative estimate of drug-likeness (QED) is 0.890. The number of hydrogen-bond acceptors (Lipinski definition) is 4. The first-order valence-electron chi connectivity index (χ1n) is 8.51. The number of carbonyl (C=O) groups excluding carboxylic acids is 1. The predicted molar refractivity (Wildman–Crippen MR) is 92.6 cm³/mol. The molecule has 24 heavy (non-hydrogen) atoms. The van der Waals surface area contributed by atoms with Crippen LogP contribution in [0.15, 0.2) is 6.07 Å². The second kappa shape index (κ2) is 6.48. The molecule has 6 heteroatoms. The minimum absolute atomic E-state index is 0.0590. The molecule has 0 spiro atoms. The van der Waals surface area contributed by atoms with E-state index in [-0.39, 0.29) is 24.5 Å². The van der Waals surface area contributed by atoms with Gasteiger partial charge in [-0.2, -0.15) is 0 Å². The van der Waals surface area contributed by atoms with Gasteiger partial charge in [-0.3, -0.25) is 4.79 Å². The van der Waals surface area contributed by atoms with Gasteiger partial charge in [0.25, 0.3) is 5.91 Å². The van der Waals surface area contributed by atoms with Gasteiger partial charge in [0.2, 0.25) is 0 Å². The fourth-order valence-electron chi connectivity index (χ4n) is 3.51. The standard InChI is InChI=1S/C18H25NO4S/c1-18(2,3)12-4-5-14-11(8-12)9-15(24-14)16(20)19-6-7-23-13(10-19)17(21)22/h9,12-13H,4-8,10H2,1-3H3,(H,21,22). The molecular formula is C18H25NO4S. The summed E-state index contributed by atoms with van der Waals surface area (Å²) in [7, 11) is 0. The summed E-state index contributed by atoms with van der Waals surface area (Å²) in [6.07, 6.45) is 2.32. The smallest absolute Gasteiger partial charge is 0.334 e. The Labute approximate surface area is 146 Å². The Balaban J connectivity index is 1.74. The normalized spacial score (nSPS) is 24.5. The van der Waals surface area contributed by atoms with Crippen molar-refractivity contribution in [2.24, 2.45) is 11.3 Å². The van der Waals surface area contributed by atoms with E-state index in [1.54, 1.807) is 16.2 Å². The Morgan fingerprint density at radius 1 is 1.38 bits per heavy atom. The van der Waals surface area contributed by atoms with Gasteiger partial charge in [-0.1, -0.05) is 20.8 Å². The van der Waals surface area contributed by atoms with Gasteiger partial charge in [-0.15, -0.1) is 11.3 Å². The van der Waals surface area contributed by atoms with Crippen LogP contribution in [0.1, 0.15) is 47.3 Å². The monoisotopic (exact) mass is 351 g/mol. The minimum Gasteiger partial charge on any atom is -0.479 e. The van der Waals surface area contributed by atoms with Gasteiger partial charge in [0, 0.05) is 11.4 Å². The molecule has 1 aliphatic carbocycles. The third-order valence-corrected chi connectivity index (χ3v) is 6.37. The highest BCUT2D eigenvalue weighted by Crippen LogP contribution is 2.40. The van der Waals surface area contributed by atoms with Crippen molar-refractivity contribution in [2.45, 2.75) is 46.1 Å². The van der Waals surface area contributed by atoms with Gasteiger partial charge in [-0.05, 0) is 42.2 Å². The van der Waals surface area contributed by atoms with Crippen LogP contribution in [-0.4, -0.2) is 47.7 Å². The van der Waals surface area contributed by atoms with Gasteiger partial charge in [0.15, 0.2) is 6.10 Å². The number of rotatable bonds is 2. The molecule has 1 amide bonds. The molecule has 0 bridgehead atoms. The summed E-state index contributed by atoms with van der Waals surface area (Å²) in [5, 5.41) is 9.09. The molecule has 5 nitrogen and oxygen atoms in total. The van der Waals surface area contributed by atoms with Crippen LogP contribution >= 0.6 is 11.3 Å². The number of thiophene rings is 1. The third kappa shape index (κ3) is 3.49. The molecule has 1 fully saturated rings. The highest BCUT2D eigenvalue weighted by atomic mass is 32.1. The Hall–Kier alpha value is -1.40. The van der Waals surface area contributed by atoms with Crippen molar-refractivity contribution in [3.05, 3.63) is 21.4 Å². The second-order valence-electron chi connectivity index (χ2n) is 7.81. The topological polar surface area (TPSA) is 66.8 Å². The van der Waals surface area contributed by atoms with Crippen LogP contribution in [0.4, 0.5) is 0 Å². The first kappa shape index (κ1) is 17.4. The molecule has 0 aromatic carbocycles. The van der Waals surface area contributed by atoms with Gasteiger partial charge in [-0.25, -0.2) is 4.79 Å². The van der Waals surface area contributed by atoms with E-state index in [0.29, 0.717) is 12.5 Å². The van der Waals surface area contributed by atoms with Gasteiger partial charge in [0.1, 0.15) is 0 Å². The van der Waals surface area contributed by atoms with E-state index in [0.717, 1.165) is 17.7 Å². The maximum atomic E-state index is 12.8. The highest BCUT2D eigenvalue weighted by molar-refractivity contribution is 7.14. The number of hydrogen-bond donors (Lipinski definition) is 1. The SMILES string of the molecule is CC(C)(C)C1CCc2sc(C(=O)N3CCOC(C(=O)O)C3)cc2C1. The fourth-order valence-corrected chi connectivity index (χ4v) is 4.68. The van der Waals surface area contributed by atoms with Crippen LogP contribution in [0.25, 0.3) is 0 Å². The second-order valence-corrected chi connectivity index (χ2v) is 8.95. The maximum absolute atomic E-state index is 12.8. The summed E-state index contributed by atoms with van der Waals surface area (Å²) in [4.78, 5) is 27.5. The lowest BCUT2D eigenvalue weighted by molar-refractivity contribution is -0.154. The number of carbonyl (C=O) groups is 2. The molecule has 1 N–H and O–H groups in total. The largest absolute Gasteiger partial charge is 0.479 e. The van der Waals surface area contributed by atoms with Crippen molar-refractivity contribution in [1.82, 2.24) is 4.90 Å². The zero-order chi connectivity index (χ0) is 17.5. The van der Waals surface area contributed by atoms with Gasteiger partial charge >= 0.3 is 5.97 Å². The number of carboxylic acids is 1. The van der Waals surface area contributed by atoms with Crippen LogP contribution in [0.2, 0.25) is 0 Å². The predicted octanol–water partition coefficient (Wildman–Crippen LogP) is 2.82. The van der Waals surface area contributed by atoms with Crippen molar-refractivity contribution in [3.8, 4) is 0 Å². The van der Waals surface area contributed by atoms with Crippen molar-refractivity contribution < 1.29 is 19.4 Å². The van der Waals surface area contributed by atoms with Gasteiger partial charge in [0.05, 0.1) is 18.0 Å². The fraction of sp³-hybridized carbons (Fsp3) is 0.667. The van der Waals surface area contributed by atoms with Crippen LogP contribution < -0.4 is 0 Å². The molecule has 1 aromatic rings. The summed E-state index contributed by atoms with van der Waals surface area (Å²) in [5.41, 5.74) is 1.58. The Morgan fingerprint density at radius 2 is 2.12 bits per heavy atom. The van der Waals surface area contributed by atoms with E-state index in [4.69, 9.17) is 9.84 Å². The Kier molecular flexibility index (Phi) is 4.71. The molecule has 0 saturated carbocycles. The number of ether oxygens (including phenoxy) is 1. The first-order valence-corrected chi connectivity index (χ1v) is 9.32. The van der Waals surface area contributed by atoms with E-state index < -0.39 is 12.1 Å². The van der Waals surface area contributed by atoms with E-state index in [9.17, 15) is 9.59 Å².